The first-order valence-corrected chi connectivity index (χ1v) is 8.82. The summed E-state index contributed by atoms with van der Waals surface area (Å²) in [5, 5.41) is 9.15. The van der Waals surface area contributed by atoms with Gasteiger partial charge in [0.05, 0.1) is 5.69 Å². The summed E-state index contributed by atoms with van der Waals surface area (Å²) in [7, 11) is 0. The zero-order valence-electron chi connectivity index (χ0n) is 15.0. The molecular weight excluding hydrogens is 320 g/mol. The molecule has 7 heteroatoms. The average molecular weight is 346 g/mol. The Hall–Kier alpha value is -2.31. The molecule has 2 aliphatic carbocycles. The second kappa shape index (κ2) is 6.90. The normalized spacial score (nSPS) is 22.5. The van der Waals surface area contributed by atoms with E-state index in [1.165, 1.54) is 0 Å². The van der Waals surface area contributed by atoms with Crippen LogP contribution in [0.2, 0.25) is 0 Å². The fourth-order valence-corrected chi connectivity index (χ4v) is 2.72. The topological polar surface area (TPSA) is 92.3 Å². The van der Waals surface area contributed by atoms with Crippen LogP contribution < -0.4 is 16.0 Å². The number of hydrogen-bond donors (Lipinski definition) is 3. The molecule has 0 unspecified atom stereocenters. The van der Waals surface area contributed by atoms with Crippen LogP contribution in [0.25, 0.3) is 0 Å². The molecule has 0 bridgehead atoms. The number of carbonyl (C=O) groups is 2. The number of carbonyl (C=O) groups excluding carboxylic acids is 2. The molecule has 1 aromatic heterocycles. The van der Waals surface area contributed by atoms with E-state index in [9.17, 15) is 9.59 Å². The Morgan fingerprint density at radius 1 is 1.20 bits per heavy atom. The number of alkyl carbamates (subject to hydrolysis) is 1. The van der Waals surface area contributed by atoms with Crippen molar-refractivity contribution in [3.05, 3.63) is 18.3 Å². The SMILES string of the molecule is CC(C)(C)OC(=O)NC1CC(Nc2ncccc2NC(=O)C2CC2)C1. The molecule has 3 rings (SSSR count). The second-order valence-electron chi connectivity index (χ2n) is 7.82. The first-order chi connectivity index (χ1) is 11.8. The van der Waals surface area contributed by atoms with Gasteiger partial charge >= 0.3 is 6.09 Å². The summed E-state index contributed by atoms with van der Waals surface area (Å²) in [5.74, 6) is 0.894. The van der Waals surface area contributed by atoms with Crippen molar-refractivity contribution in [3.63, 3.8) is 0 Å². The Balaban J connectivity index is 1.47. The lowest BCUT2D eigenvalue weighted by molar-refractivity contribution is -0.117. The summed E-state index contributed by atoms with van der Waals surface area (Å²) in [6, 6.07) is 3.97. The van der Waals surface area contributed by atoms with Gasteiger partial charge in [0.1, 0.15) is 11.4 Å². The predicted molar refractivity (Wildman–Crippen MR) is 95.4 cm³/mol. The van der Waals surface area contributed by atoms with Crippen molar-refractivity contribution in [2.45, 2.75) is 64.1 Å². The maximum atomic E-state index is 12.0. The highest BCUT2D eigenvalue weighted by molar-refractivity contribution is 5.96. The zero-order chi connectivity index (χ0) is 18.0. The van der Waals surface area contributed by atoms with Crippen molar-refractivity contribution in [1.29, 1.82) is 0 Å². The number of pyridine rings is 1. The highest BCUT2D eigenvalue weighted by atomic mass is 16.6. The van der Waals surface area contributed by atoms with Crippen molar-refractivity contribution < 1.29 is 14.3 Å². The van der Waals surface area contributed by atoms with Gasteiger partial charge in [-0.2, -0.15) is 0 Å². The first kappa shape index (κ1) is 17.5. The van der Waals surface area contributed by atoms with E-state index in [0.717, 1.165) is 25.7 Å². The minimum atomic E-state index is -0.492. The van der Waals surface area contributed by atoms with Crippen LogP contribution in [0.5, 0.6) is 0 Å². The summed E-state index contributed by atoms with van der Waals surface area (Å²) in [6.45, 7) is 5.53. The van der Waals surface area contributed by atoms with Gasteiger partial charge in [0.25, 0.3) is 0 Å². The number of hydrogen-bond acceptors (Lipinski definition) is 5. The van der Waals surface area contributed by atoms with Gasteiger partial charge in [-0.1, -0.05) is 0 Å². The van der Waals surface area contributed by atoms with E-state index in [0.29, 0.717) is 11.5 Å². The van der Waals surface area contributed by atoms with Crippen LogP contribution >= 0.6 is 0 Å². The molecule has 0 saturated heterocycles. The number of nitrogens with zero attached hydrogens (tertiary/aromatic N) is 1. The first-order valence-electron chi connectivity index (χ1n) is 8.82. The van der Waals surface area contributed by atoms with Crippen molar-refractivity contribution in [1.82, 2.24) is 10.3 Å². The summed E-state index contributed by atoms with van der Waals surface area (Å²) >= 11 is 0. The molecule has 7 nitrogen and oxygen atoms in total. The molecule has 0 radical (unpaired) electrons. The Morgan fingerprint density at radius 2 is 1.92 bits per heavy atom. The summed E-state index contributed by atoms with van der Waals surface area (Å²) < 4.78 is 5.26. The van der Waals surface area contributed by atoms with Crippen LogP contribution in [-0.4, -0.2) is 34.7 Å². The Bertz CT molecular complexity index is 646. The van der Waals surface area contributed by atoms with Crippen molar-refractivity contribution in [2.24, 2.45) is 5.92 Å². The maximum absolute atomic E-state index is 12.0. The zero-order valence-corrected chi connectivity index (χ0v) is 15.0. The van der Waals surface area contributed by atoms with E-state index in [4.69, 9.17) is 4.74 Å². The van der Waals surface area contributed by atoms with Crippen LogP contribution in [0.1, 0.15) is 46.5 Å². The van der Waals surface area contributed by atoms with E-state index in [1.807, 2.05) is 26.8 Å². The molecule has 2 saturated carbocycles. The fraction of sp³-hybridized carbons (Fsp3) is 0.611. The van der Waals surface area contributed by atoms with Gasteiger partial charge in [0.15, 0.2) is 0 Å². The Kier molecular flexibility index (Phi) is 4.83. The average Bonchev–Trinajstić information content (AvgIpc) is 3.29. The third-order valence-corrected chi connectivity index (χ3v) is 4.21. The molecule has 2 aliphatic rings. The molecule has 0 spiro atoms. The molecule has 3 N–H and O–H groups in total. The van der Waals surface area contributed by atoms with Crippen molar-refractivity contribution in [2.75, 3.05) is 10.6 Å². The molecule has 0 aliphatic heterocycles. The lowest BCUT2D eigenvalue weighted by Gasteiger charge is -2.37. The van der Waals surface area contributed by atoms with E-state index < -0.39 is 5.60 Å². The standard InChI is InChI=1S/C18H26N4O3/c1-18(2,3)25-17(24)21-13-9-12(10-13)20-15-14(5-4-8-19-15)22-16(23)11-6-7-11/h4-5,8,11-13H,6-7,9-10H2,1-3H3,(H,19,20)(H,21,24)(H,22,23). The second-order valence-corrected chi connectivity index (χ2v) is 7.82. The Morgan fingerprint density at radius 3 is 2.56 bits per heavy atom. The van der Waals surface area contributed by atoms with Gasteiger partial charge in [-0.15, -0.1) is 0 Å². The molecule has 25 heavy (non-hydrogen) atoms. The van der Waals surface area contributed by atoms with Gasteiger partial charge in [0.2, 0.25) is 5.91 Å². The summed E-state index contributed by atoms with van der Waals surface area (Å²) in [4.78, 5) is 28.0. The number of nitrogens with one attached hydrogen (secondary N) is 3. The number of anilines is 2. The van der Waals surface area contributed by atoms with Crippen LogP contribution in [0.3, 0.4) is 0 Å². The summed E-state index contributed by atoms with van der Waals surface area (Å²) in [5.41, 5.74) is 0.219. The third kappa shape index (κ3) is 5.08. The van der Waals surface area contributed by atoms with Gasteiger partial charge in [-0.05, 0) is 58.6 Å². The van der Waals surface area contributed by atoms with E-state index >= 15 is 0 Å². The van der Waals surface area contributed by atoms with Crippen LogP contribution in [-0.2, 0) is 9.53 Å². The van der Waals surface area contributed by atoms with Gasteiger partial charge in [-0.3, -0.25) is 4.79 Å². The van der Waals surface area contributed by atoms with Crippen LogP contribution in [0, 0.1) is 5.92 Å². The molecule has 0 atom stereocenters. The van der Waals surface area contributed by atoms with Crippen LogP contribution in [0.15, 0.2) is 18.3 Å². The van der Waals surface area contributed by atoms with Crippen LogP contribution in [0.4, 0.5) is 16.3 Å². The van der Waals surface area contributed by atoms with Gasteiger partial charge < -0.3 is 20.7 Å². The minimum absolute atomic E-state index is 0.0640. The third-order valence-electron chi connectivity index (χ3n) is 4.21. The number of ether oxygens (including phenoxy) is 1. The fourth-order valence-electron chi connectivity index (χ4n) is 2.72. The van der Waals surface area contributed by atoms with E-state index in [1.54, 1.807) is 12.3 Å². The molecule has 2 amide bonds. The number of amides is 2. The Labute approximate surface area is 147 Å². The smallest absolute Gasteiger partial charge is 0.407 e. The lowest BCUT2D eigenvalue weighted by atomic mass is 9.87. The molecule has 1 heterocycles. The minimum Gasteiger partial charge on any atom is -0.444 e. The molecule has 0 aromatic carbocycles. The monoisotopic (exact) mass is 346 g/mol. The largest absolute Gasteiger partial charge is 0.444 e. The maximum Gasteiger partial charge on any atom is 0.407 e. The van der Waals surface area contributed by atoms with E-state index in [-0.39, 0.29) is 30.0 Å². The number of aromatic nitrogens is 1. The van der Waals surface area contributed by atoms with Gasteiger partial charge in [0, 0.05) is 24.2 Å². The molecule has 1 aromatic rings. The number of rotatable bonds is 5. The van der Waals surface area contributed by atoms with Crippen molar-refractivity contribution in [3.8, 4) is 0 Å². The highest BCUT2D eigenvalue weighted by Crippen LogP contribution is 2.32. The molecular formula is C18H26N4O3. The van der Waals surface area contributed by atoms with Gasteiger partial charge in [-0.25, -0.2) is 9.78 Å². The quantitative estimate of drug-likeness (QED) is 0.762. The molecule has 136 valence electrons. The molecule has 2 fully saturated rings. The highest BCUT2D eigenvalue weighted by Gasteiger charge is 2.33. The van der Waals surface area contributed by atoms with Crippen molar-refractivity contribution >= 4 is 23.5 Å². The lowest BCUT2D eigenvalue weighted by Crippen LogP contribution is -2.50. The summed E-state index contributed by atoms with van der Waals surface area (Å²) in [6.07, 6.45) is 4.85. The van der Waals surface area contributed by atoms with E-state index in [2.05, 4.69) is 20.9 Å². The predicted octanol–water partition coefficient (Wildman–Crippen LogP) is 2.90.